The van der Waals surface area contributed by atoms with E-state index in [9.17, 15) is 5.11 Å². The van der Waals surface area contributed by atoms with E-state index in [0.29, 0.717) is 37.3 Å². The van der Waals surface area contributed by atoms with E-state index in [0.717, 1.165) is 18.7 Å². The normalized spacial score (nSPS) is 15.0. The van der Waals surface area contributed by atoms with Gasteiger partial charge in [0.05, 0.1) is 31.1 Å². The molecule has 0 unspecified atom stereocenters. The van der Waals surface area contributed by atoms with Crippen LogP contribution in [0.3, 0.4) is 0 Å². The Bertz CT molecular complexity index is 1060. The molecule has 2 heterocycles. The fraction of sp³-hybridized carbons (Fsp3) is 0.375. The number of hydrogen-bond donors (Lipinski definition) is 1. The molecule has 1 fully saturated rings. The SMILES string of the molecule is CC(C)(O)COc1cc(C=NCc2ccc3ccccc3c2)nc(N2CCOCC2)n1. The van der Waals surface area contributed by atoms with Gasteiger partial charge in [-0.05, 0) is 36.2 Å². The quantitative estimate of drug-likeness (QED) is 0.591. The van der Waals surface area contributed by atoms with Crippen molar-refractivity contribution >= 4 is 22.9 Å². The lowest BCUT2D eigenvalue weighted by Gasteiger charge is -2.27. The van der Waals surface area contributed by atoms with Crippen LogP contribution in [0.1, 0.15) is 25.1 Å². The summed E-state index contributed by atoms with van der Waals surface area (Å²) in [5.74, 6) is 1.01. The van der Waals surface area contributed by atoms with E-state index in [1.165, 1.54) is 10.8 Å². The van der Waals surface area contributed by atoms with Gasteiger partial charge >= 0.3 is 0 Å². The third-order valence-electron chi connectivity index (χ3n) is 4.89. The molecule has 0 spiro atoms. The van der Waals surface area contributed by atoms with Crippen molar-refractivity contribution in [2.24, 2.45) is 4.99 Å². The van der Waals surface area contributed by atoms with Crippen molar-refractivity contribution in [1.82, 2.24) is 9.97 Å². The van der Waals surface area contributed by atoms with Crippen molar-refractivity contribution < 1.29 is 14.6 Å². The van der Waals surface area contributed by atoms with Crippen LogP contribution >= 0.6 is 0 Å². The molecule has 1 aromatic heterocycles. The standard InChI is InChI=1S/C24H28N4O3/c1-24(2,29)17-31-22-14-21(26-23(27-22)28-9-11-30-12-10-28)16-25-15-18-7-8-19-5-3-4-6-20(19)13-18/h3-8,13-14,16,29H,9-12,15,17H2,1-2H3. The highest BCUT2D eigenvalue weighted by atomic mass is 16.5. The monoisotopic (exact) mass is 420 g/mol. The van der Waals surface area contributed by atoms with Crippen LogP contribution in [0.15, 0.2) is 53.5 Å². The van der Waals surface area contributed by atoms with Gasteiger partial charge in [-0.2, -0.15) is 4.98 Å². The molecule has 3 aromatic rings. The molecule has 0 aliphatic carbocycles. The minimum Gasteiger partial charge on any atom is -0.474 e. The van der Waals surface area contributed by atoms with Crippen LogP contribution in [0.5, 0.6) is 5.88 Å². The summed E-state index contributed by atoms with van der Waals surface area (Å²) in [6.45, 7) is 6.83. The molecular weight excluding hydrogens is 392 g/mol. The summed E-state index contributed by atoms with van der Waals surface area (Å²) in [4.78, 5) is 15.8. The maximum atomic E-state index is 9.99. The first kappa shape index (κ1) is 21.2. The number of aliphatic imine (C=N–C) groups is 1. The van der Waals surface area contributed by atoms with Crippen LogP contribution in [0.4, 0.5) is 5.95 Å². The zero-order valence-electron chi connectivity index (χ0n) is 18.0. The molecule has 31 heavy (non-hydrogen) atoms. The molecule has 1 N–H and O–H groups in total. The Kier molecular flexibility index (Phi) is 6.44. The Morgan fingerprint density at radius 1 is 1.10 bits per heavy atom. The Hall–Kier alpha value is -3.03. The smallest absolute Gasteiger partial charge is 0.229 e. The topological polar surface area (TPSA) is 80.1 Å². The first-order valence-corrected chi connectivity index (χ1v) is 10.5. The zero-order valence-corrected chi connectivity index (χ0v) is 18.0. The molecule has 162 valence electrons. The van der Waals surface area contributed by atoms with Crippen LogP contribution in [0.2, 0.25) is 0 Å². The van der Waals surface area contributed by atoms with Crippen molar-refractivity contribution in [3.8, 4) is 5.88 Å². The van der Waals surface area contributed by atoms with Gasteiger partial charge in [0.25, 0.3) is 0 Å². The Labute approximate surface area is 182 Å². The number of aromatic nitrogens is 2. The second-order valence-corrected chi connectivity index (χ2v) is 8.28. The lowest BCUT2D eigenvalue weighted by Crippen LogP contribution is -2.37. The summed E-state index contributed by atoms with van der Waals surface area (Å²) < 4.78 is 11.2. The number of benzene rings is 2. The van der Waals surface area contributed by atoms with Gasteiger partial charge < -0.3 is 19.5 Å². The van der Waals surface area contributed by atoms with Crippen molar-refractivity contribution in [1.29, 1.82) is 0 Å². The average Bonchev–Trinajstić information content (AvgIpc) is 2.78. The lowest BCUT2D eigenvalue weighted by atomic mass is 10.1. The molecule has 0 radical (unpaired) electrons. The van der Waals surface area contributed by atoms with Crippen molar-refractivity contribution in [3.05, 3.63) is 59.8 Å². The molecule has 0 saturated carbocycles. The first-order valence-electron chi connectivity index (χ1n) is 10.5. The molecule has 2 aromatic carbocycles. The highest BCUT2D eigenvalue weighted by molar-refractivity contribution is 5.83. The number of ether oxygens (including phenoxy) is 2. The number of anilines is 1. The van der Waals surface area contributed by atoms with E-state index in [1.54, 1.807) is 26.1 Å². The van der Waals surface area contributed by atoms with Crippen LogP contribution in [0, 0.1) is 0 Å². The molecule has 1 aliphatic rings. The zero-order chi connectivity index (χ0) is 21.7. The van der Waals surface area contributed by atoms with E-state index in [-0.39, 0.29) is 6.61 Å². The number of fused-ring (bicyclic) bond motifs is 1. The third kappa shape index (κ3) is 5.99. The van der Waals surface area contributed by atoms with Gasteiger partial charge in [0, 0.05) is 25.4 Å². The molecular formula is C24H28N4O3. The highest BCUT2D eigenvalue weighted by Crippen LogP contribution is 2.19. The minimum absolute atomic E-state index is 0.139. The Balaban J connectivity index is 1.53. The highest BCUT2D eigenvalue weighted by Gasteiger charge is 2.18. The van der Waals surface area contributed by atoms with E-state index < -0.39 is 5.60 Å². The van der Waals surface area contributed by atoms with Gasteiger partial charge in [-0.1, -0.05) is 36.4 Å². The molecule has 4 rings (SSSR count). The predicted octanol–water partition coefficient (Wildman–Crippen LogP) is 3.24. The number of rotatable bonds is 7. The summed E-state index contributed by atoms with van der Waals surface area (Å²) in [7, 11) is 0. The largest absolute Gasteiger partial charge is 0.474 e. The fourth-order valence-electron chi connectivity index (χ4n) is 3.31. The molecule has 0 bridgehead atoms. The van der Waals surface area contributed by atoms with Crippen LogP contribution < -0.4 is 9.64 Å². The van der Waals surface area contributed by atoms with Gasteiger partial charge in [0.1, 0.15) is 6.61 Å². The fourth-order valence-corrected chi connectivity index (χ4v) is 3.31. The van der Waals surface area contributed by atoms with Gasteiger partial charge in [0.15, 0.2) is 0 Å². The second-order valence-electron chi connectivity index (χ2n) is 8.28. The van der Waals surface area contributed by atoms with Crippen molar-refractivity contribution in [3.63, 3.8) is 0 Å². The maximum Gasteiger partial charge on any atom is 0.229 e. The number of hydrogen-bond acceptors (Lipinski definition) is 7. The molecule has 1 aliphatic heterocycles. The van der Waals surface area contributed by atoms with Crippen molar-refractivity contribution in [2.75, 3.05) is 37.8 Å². The number of nitrogens with zero attached hydrogens (tertiary/aromatic N) is 4. The second kappa shape index (κ2) is 9.41. The van der Waals surface area contributed by atoms with Gasteiger partial charge in [-0.25, -0.2) is 4.98 Å². The Morgan fingerprint density at radius 3 is 2.65 bits per heavy atom. The third-order valence-corrected chi connectivity index (χ3v) is 4.89. The number of morpholine rings is 1. The molecule has 0 atom stereocenters. The summed E-state index contributed by atoms with van der Waals surface area (Å²) in [5.41, 5.74) is 0.855. The van der Waals surface area contributed by atoms with Crippen LogP contribution in [0.25, 0.3) is 10.8 Å². The van der Waals surface area contributed by atoms with E-state index in [2.05, 4.69) is 50.2 Å². The molecule has 7 heteroatoms. The number of aliphatic hydroxyl groups is 1. The maximum absolute atomic E-state index is 9.99. The first-order chi connectivity index (χ1) is 15.0. The summed E-state index contributed by atoms with van der Waals surface area (Å²) in [5, 5.41) is 12.4. The van der Waals surface area contributed by atoms with Gasteiger partial charge in [-0.3, -0.25) is 4.99 Å². The average molecular weight is 421 g/mol. The van der Waals surface area contributed by atoms with Crippen molar-refractivity contribution in [2.45, 2.75) is 26.0 Å². The van der Waals surface area contributed by atoms with Crippen LogP contribution in [-0.2, 0) is 11.3 Å². The van der Waals surface area contributed by atoms with E-state index in [1.807, 2.05) is 12.1 Å². The summed E-state index contributed by atoms with van der Waals surface area (Å²) in [6, 6.07) is 16.4. The van der Waals surface area contributed by atoms with Gasteiger partial charge in [0.2, 0.25) is 11.8 Å². The lowest BCUT2D eigenvalue weighted by molar-refractivity contribution is 0.0268. The molecule has 1 saturated heterocycles. The van der Waals surface area contributed by atoms with Crippen LogP contribution in [-0.4, -0.2) is 59.8 Å². The van der Waals surface area contributed by atoms with E-state index in [4.69, 9.17) is 9.47 Å². The summed E-state index contributed by atoms with van der Waals surface area (Å²) >= 11 is 0. The van der Waals surface area contributed by atoms with E-state index >= 15 is 0 Å². The molecule has 7 nitrogen and oxygen atoms in total. The Morgan fingerprint density at radius 2 is 1.87 bits per heavy atom. The summed E-state index contributed by atoms with van der Waals surface area (Å²) in [6.07, 6.45) is 1.75. The molecule has 0 amide bonds. The van der Waals surface area contributed by atoms with Gasteiger partial charge in [-0.15, -0.1) is 0 Å². The predicted molar refractivity (Wildman–Crippen MR) is 122 cm³/mol. The minimum atomic E-state index is -0.950.